The first-order valence-corrected chi connectivity index (χ1v) is 6.60. The van der Waals surface area contributed by atoms with Gasteiger partial charge < -0.3 is 4.74 Å². The van der Waals surface area contributed by atoms with E-state index in [1.807, 2.05) is 13.0 Å². The summed E-state index contributed by atoms with van der Waals surface area (Å²) in [5.41, 5.74) is 2.71. The summed E-state index contributed by atoms with van der Waals surface area (Å²) in [5, 5.41) is 0. The van der Waals surface area contributed by atoms with E-state index in [0.29, 0.717) is 6.61 Å². The number of carbonyl (C=O) groups excluding carboxylic acids is 1. The van der Waals surface area contributed by atoms with Crippen molar-refractivity contribution in [3.8, 4) is 0 Å². The second-order valence-electron chi connectivity index (χ2n) is 5.01. The van der Waals surface area contributed by atoms with Crippen LogP contribution >= 0.6 is 0 Å². The molecule has 2 rings (SSSR count). The van der Waals surface area contributed by atoms with E-state index in [1.165, 1.54) is 17.5 Å². The predicted octanol–water partition coefficient (Wildman–Crippen LogP) is 3.40. The third-order valence-corrected chi connectivity index (χ3v) is 3.65. The quantitative estimate of drug-likeness (QED) is 0.601. The molecule has 1 unspecified atom stereocenters. The fourth-order valence-corrected chi connectivity index (χ4v) is 2.69. The average molecular weight is 244 g/mol. The molecule has 18 heavy (non-hydrogen) atoms. The Balaban J connectivity index is 2.24. The molecule has 0 amide bonds. The van der Waals surface area contributed by atoms with E-state index in [4.69, 9.17) is 4.74 Å². The normalized spacial score (nSPS) is 22.8. The molecule has 1 aromatic rings. The van der Waals surface area contributed by atoms with Crippen LogP contribution in [0.2, 0.25) is 0 Å². The summed E-state index contributed by atoms with van der Waals surface area (Å²) in [6.45, 7) is 4.44. The van der Waals surface area contributed by atoms with Crippen molar-refractivity contribution in [1.82, 2.24) is 0 Å². The minimum Gasteiger partial charge on any atom is -0.463 e. The number of hydrogen-bond donors (Lipinski definition) is 0. The molecule has 96 valence electrons. The molecule has 1 aromatic carbocycles. The molecule has 1 aliphatic rings. The summed E-state index contributed by atoms with van der Waals surface area (Å²) in [6.07, 6.45) is 6.97. The Labute approximate surface area is 109 Å². The predicted molar refractivity (Wildman–Crippen MR) is 72.5 cm³/mol. The van der Waals surface area contributed by atoms with Gasteiger partial charge in [-0.3, -0.25) is 0 Å². The van der Waals surface area contributed by atoms with Crippen molar-refractivity contribution >= 4 is 5.97 Å². The molecule has 0 fully saturated rings. The van der Waals surface area contributed by atoms with E-state index in [0.717, 1.165) is 12.8 Å². The number of ether oxygens (including phenoxy) is 1. The summed E-state index contributed by atoms with van der Waals surface area (Å²) < 4.78 is 4.94. The zero-order chi connectivity index (χ0) is 13.0. The summed E-state index contributed by atoms with van der Waals surface area (Å²) in [6, 6.07) is 8.51. The third kappa shape index (κ3) is 2.63. The topological polar surface area (TPSA) is 26.3 Å². The van der Waals surface area contributed by atoms with Crippen molar-refractivity contribution in [2.45, 2.75) is 38.5 Å². The highest BCUT2D eigenvalue weighted by atomic mass is 16.5. The van der Waals surface area contributed by atoms with Crippen LogP contribution < -0.4 is 0 Å². The van der Waals surface area contributed by atoms with Crippen molar-refractivity contribution in [2.24, 2.45) is 0 Å². The number of hydrogen-bond acceptors (Lipinski definition) is 2. The smallest absolute Gasteiger partial charge is 0.330 e. The highest BCUT2D eigenvalue weighted by molar-refractivity contribution is 5.82. The molecule has 0 heterocycles. The zero-order valence-electron chi connectivity index (χ0n) is 11.1. The fourth-order valence-electron chi connectivity index (χ4n) is 2.69. The van der Waals surface area contributed by atoms with Gasteiger partial charge in [-0.1, -0.05) is 37.3 Å². The Bertz CT molecular complexity index is 462. The first-order chi connectivity index (χ1) is 8.65. The van der Waals surface area contributed by atoms with Crippen molar-refractivity contribution in [3.05, 3.63) is 47.5 Å². The first-order valence-electron chi connectivity index (χ1n) is 6.60. The minimum absolute atomic E-state index is 0.0401. The number of rotatable bonds is 3. The lowest BCUT2D eigenvalue weighted by molar-refractivity contribution is -0.137. The standard InChI is InChI=1S/C16H20O2/c1-3-18-15(17)10-12-16(2)11-6-8-13-7-4-5-9-14(13)16/h4-5,7,9-10,12H,3,6,8,11H2,1-2H3. The first kappa shape index (κ1) is 12.9. The lowest BCUT2D eigenvalue weighted by Crippen LogP contribution is -2.25. The fraction of sp³-hybridized carbons (Fsp3) is 0.438. The maximum atomic E-state index is 11.4. The lowest BCUT2D eigenvalue weighted by atomic mass is 9.71. The summed E-state index contributed by atoms with van der Waals surface area (Å²) in [4.78, 5) is 11.4. The second kappa shape index (κ2) is 5.38. The van der Waals surface area contributed by atoms with Gasteiger partial charge >= 0.3 is 5.97 Å². The van der Waals surface area contributed by atoms with Crippen LogP contribution in [0.4, 0.5) is 0 Å². The Hall–Kier alpha value is -1.57. The van der Waals surface area contributed by atoms with Crippen LogP contribution in [-0.2, 0) is 21.4 Å². The van der Waals surface area contributed by atoms with Gasteiger partial charge in [0.05, 0.1) is 6.61 Å². The van der Waals surface area contributed by atoms with E-state index < -0.39 is 0 Å². The summed E-state index contributed by atoms with van der Waals surface area (Å²) in [5.74, 6) is -0.248. The maximum Gasteiger partial charge on any atom is 0.330 e. The second-order valence-corrected chi connectivity index (χ2v) is 5.01. The lowest BCUT2D eigenvalue weighted by Gasteiger charge is -2.33. The van der Waals surface area contributed by atoms with Crippen LogP contribution in [0.1, 0.15) is 37.8 Å². The molecular weight excluding hydrogens is 224 g/mol. The molecule has 0 radical (unpaired) electrons. The van der Waals surface area contributed by atoms with Gasteiger partial charge in [-0.2, -0.15) is 0 Å². The molecule has 0 aromatic heterocycles. The van der Waals surface area contributed by atoms with Gasteiger partial charge in [-0.15, -0.1) is 0 Å². The van der Waals surface area contributed by atoms with Gasteiger partial charge in [0.25, 0.3) is 0 Å². The Morgan fingerprint density at radius 1 is 1.44 bits per heavy atom. The van der Waals surface area contributed by atoms with Crippen LogP contribution in [0.3, 0.4) is 0 Å². The minimum atomic E-state index is -0.248. The number of aryl methyl sites for hydroxylation is 1. The zero-order valence-corrected chi connectivity index (χ0v) is 11.1. The molecule has 0 saturated heterocycles. The molecule has 0 aliphatic heterocycles. The van der Waals surface area contributed by atoms with E-state index in [2.05, 4.69) is 31.2 Å². The van der Waals surface area contributed by atoms with Crippen molar-refractivity contribution in [1.29, 1.82) is 0 Å². The molecule has 0 bridgehead atoms. The summed E-state index contributed by atoms with van der Waals surface area (Å²) in [7, 11) is 0. The van der Waals surface area contributed by atoms with E-state index in [9.17, 15) is 4.79 Å². The van der Waals surface area contributed by atoms with Gasteiger partial charge in [-0.05, 0) is 37.3 Å². The van der Waals surface area contributed by atoms with Crippen LogP contribution in [0, 0.1) is 0 Å². The molecular formula is C16H20O2. The summed E-state index contributed by atoms with van der Waals surface area (Å²) >= 11 is 0. The molecule has 2 nitrogen and oxygen atoms in total. The molecule has 0 spiro atoms. The van der Waals surface area contributed by atoms with Crippen LogP contribution in [-0.4, -0.2) is 12.6 Å². The van der Waals surface area contributed by atoms with Crippen molar-refractivity contribution in [3.63, 3.8) is 0 Å². The number of fused-ring (bicyclic) bond motifs is 1. The molecule has 0 N–H and O–H groups in total. The number of carbonyl (C=O) groups is 1. The highest BCUT2D eigenvalue weighted by Crippen LogP contribution is 2.38. The van der Waals surface area contributed by atoms with Crippen molar-refractivity contribution in [2.75, 3.05) is 6.61 Å². The van der Waals surface area contributed by atoms with E-state index in [1.54, 1.807) is 6.08 Å². The van der Waals surface area contributed by atoms with Gasteiger partial charge in [0.2, 0.25) is 0 Å². The van der Waals surface area contributed by atoms with Crippen LogP contribution in [0.25, 0.3) is 0 Å². The molecule has 0 saturated carbocycles. The van der Waals surface area contributed by atoms with Gasteiger partial charge in [0.15, 0.2) is 0 Å². The highest BCUT2D eigenvalue weighted by Gasteiger charge is 2.29. The molecule has 2 heteroatoms. The van der Waals surface area contributed by atoms with Crippen LogP contribution in [0.5, 0.6) is 0 Å². The number of benzene rings is 1. The van der Waals surface area contributed by atoms with Gasteiger partial charge in [-0.25, -0.2) is 4.79 Å². The van der Waals surface area contributed by atoms with Gasteiger partial charge in [0, 0.05) is 11.5 Å². The van der Waals surface area contributed by atoms with Crippen LogP contribution in [0.15, 0.2) is 36.4 Å². The van der Waals surface area contributed by atoms with E-state index in [-0.39, 0.29) is 11.4 Å². The van der Waals surface area contributed by atoms with Gasteiger partial charge in [0.1, 0.15) is 0 Å². The number of esters is 1. The number of allylic oxidation sites excluding steroid dienone is 1. The van der Waals surface area contributed by atoms with Crippen molar-refractivity contribution < 1.29 is 9.53 Å². The largest absolute Gasteiger partial charge is 0.463 e. The van der Waals surface area contributed by atoms with E-state index >= 15 is 0 Å². The maximum absolute atomic E-state index is 11.4. The average Bonchev–Trinajstić information content (AvgIpc) is 2.38. The Morgan fingerprint density at radius 3 is 3.00 bits per heavy atom. The molecule has 1 atom stereocenters. The Kier molecular flexibility index (Phi) is 3.85. The monoisotopic (exact) mass is 244 g/mol. The Morgan fingerprint density at radius 2 is 2.22 bits per heavy atom. The third-order valence-electron chi connectivity index (χ3n) is 3.65. The molecule has 1 aliphatic carbocycles. The SMILES string of the molecule is CCOC(=O)C=CC1(C)CCCc2ccccc21.